The van der Waals surface area contributed by atoms with Gasteiger partial charge in [0.1, 0.15) is 6.04 Å². The molecule has 32 heavy (non-hydrogen) atoms. The highest BCUT2D eigenvalue weighted by Gasteiger charge is 2.55. The van der Waals surface area contributed by atoms with Crippen molar-refractivity contribution in [3.63, 3.8) is 0 Å². The lowest BCUT2D eigenvalue weighted by Gasteiger charge is -2.39. The highest BCUT2D eigenvalue weighted by Crippen LogP contribution is 2.42. The predicted octanol–water partition coefficient (Wildman–Crippen LogP) is -1.03. The molecule has 3 saturated heterocycles. The molecule has 3 heterocycles. The second-order valence-corrected chi connectivity index (χ2v) is 10.3. The van der Waals surface area contributed by atoms with Crippen LogP contribution >= 0.6 is 0 Å². The minimum atomic E-state index is -0.224. The summed E-state index contributed by atoms with van der Waals surface area (Å²) in [5.41, 5.74) is 0. The number of ether oxygens (including phenoxy) is 4. The van der Waals surface area contributed by atoms with Gasteiger partial charge in [-0.25, -0.2) is 4.90 Å². The smallest absolute Gasteiger partial charge is 0.313 e. The molecule has 0 aromatic rings. The van der Waals surface area contributed by atoms with Gasteiger partial charge >= 0.3 is 5.97 Å². The van der Waals surface area contributed by atoms with E-state index < -0.39 is 0 Å². The molecule has 0 amide bonds. The van der Waals surface area contributed by atoms with E-state index in [1.54, 1.807) is 21.3 Å². The molecule has 5 fully saturated rings. The van der Waals surface area contributed by atoms with Gasteiger partial charge < -0.3 is 24.3 Å². The zero-order valence-corrected chi connectivity index (χ0v) is 19.8. The molecule has 2 aliphatic carbocycles. The van der Waals surface area contributed by atoms with E-state index in [1.807, 2.05) is 0 Å². The van der Waals surface area contributed by atoms with Crippen molar-refractivity contribution in [3.8, 4) is 0 Å². The minimum absolute atomic E-state index is 0.0306. The van der Waals surface area contributed by atoms with E-state index in [9.17, 15) is 4.79 Å². The van der Waals surface area contributed by atoms with Gasteiger partial charge in [-0.15, -0.1) is 0 Å². The number of fused-ring (bicyclic) bond motifs is 4. The predicted molar refractivity (Wildman–Crippen MR) is 117 cm³/mol. The number of hydrogen-bond donors (Lipinski definition) is 2. The van der Waals surface area contributed by atoms with E-state index in [0.717, 1.165) is 58.5 Å². The Morgan fingerprint density at radius 2 is 2.00 bits per heavy atom. The van der Waals surface area contributed by atoms with Crippen LogP contribution in [0.5, 0.6) is 0 Å². The molecule has 9 heteroatoms. The number of cyclic esters (lactones) is 1. The van der Waals surface area contributed by atoms with E-state index in [0.29, 0.717) is 24.3 Å². The van der Waals surface area contributed by atoms with E-state index in [2.05, 4.69) is 20.4 Å². The van der Waals surface area contributed by atoms with Gasteiger partial charge in [0.25, 0.3) is 0 Å². The van der Waals surface area contributed by atoms with E-state index in [1.165, 1.54) is 6.42 Å². The standard InChI is InChI=1S/C23H40N4O5/c1-29-11-10-26-8-9-27-17-6-4-14(12-16(17)25-19(27)13-26)24-22-15-5-7-18(30-2)21(31-3)20(15)23(28)32-22/h14-22,24-25H,4-13H2,1-3H3/p+1/t14?,15?,16?,17?,18?,19?,20?,21?,22-/m0/s1. The summed E-state index contributed by atoms with van der Waals surface area (Å²) in [6.07, 6.45) is 5.46. The van der Waals surface area contributed by atoms with Gasteiger partial charge in [-0.3, -0.25) is 15.0 Å². The van der Waals surface area contributed by atoms with Crippen LogP contribution in [0.25, 0.3) is 0 Å². The van der Waals surface area contributed by atoms with Gasteiger partial charge in [0.15, 0.2) is 12.4 Å². The first kappa shape index (κ1) is 23.0. The SMILES string of the molecule is COCCN1CCN2C(C1)[NH2+]C1CC(N[C@H]3OC(=O)C4C(OC)C(OC)CCC43)CCC12. The third kappa shape index (κ3) is 4.21. The Hall–Kier alpha value is -0.810. The summed E-state index contributed by atoms with van der Waals surface area (Å²) in [6, 6.07) is 1.70. The first-order valence-corrected chi connectivity index (χ1v) is 12.5. The van der Waals surface area contributed by atoms with E-state index in [-0.39, 0.29) is 36.2 Å². The number of nitrogens with zero attached hydrogens (tertiary/aromatic N) is 2. The summed E-state index contributed by atoms with van der Waals surface area (Å²) in [6.45, 7) is 5.26. The maximum atomic E-state index is 12.7. The van der Waals surface area contributed by atoms with E-state index in [4.69, 9.17) is 18.9 Å². The van der Waals surface area contributed by atoms with Crippen molar-refractivity contribution in [1.29, 1.82) is 0 Å². The largest absolute Gasteiger partial charge is 0.446 e. The van der Waals surface area contributed by atoms with Gasteiger partial charge in [0.2, 0.25) is 0 Å². The Morgan fingerprint density at radius 3 is 2.78 bits per heavy atom. The molecule has 0 radical (unpaired) electrons. The molecule has 5 rings (SSSR count). The summed E-state index contributed by atoms with van der Waals surface area (Å²) in [7, 11) is 5.16. The molecule has 3 N–H and O–H groups in total. The van der Waals surface area contributed by atoms with Crippen LogP contribution in [0.15, 0.2) is 0 Å². The number of piperazine rings is 1. The van der Waals surface area contributed by atoms with Gasteiger partial charge in [-0.1, -0.05) is 0 Å². The van der Waals surface area contributed by atoms with Crippen LogP contribution in [0, 0.1) is 11.8 Å². The summed E-state index contributed by atoms with van der Waals surface area (Å²) in [4.78, 5) is 18.0. The number of quaternary nitrogens is 1. The van der Waals surface area contributed by atoms with Crippen molar-refractivity contribution in [2.75, 3.05) is 54.1 Å². The molecule has 9 atom stereocenters. The summed E-state index contributed by atoms with van der Waals surface area (Å²) in [5, 5.41) is 6.35. The van der Waals surface area contributed by atoms with Crippen LogP contribution in [-0.4, -0.2) is 113 Å². The molecule has 0 aromatic carbocycles. The monoisotopic (exact) mass is 453 g/mol. The van der Waals surface area contributed by atoms with Crippen molar-refractivity contribution in [1.82, 2.24) is 15.1 Å². The molecule has 3 aliphatic heterocycles. The molecule has 9 nitrogen and oxygen atoms in total. The Labute approximate surface area is 191 Å². The minimum Gasteiger partial charge on any atom is -0.446 e. The Balaban J connectivity index is 1.17. The van der Waals surface area contributed by atoms with Gasteiger partial charge in [-0.05, 0) is 25.7 Å². The zero-order valence-electron chi connectivity index (χ0n) is 19.8. The maximum absolute atomic E-state index is 12.7. The summed E-state index contributed by atoms with van der Waals surface area (Å²) < 4.78 is 22.4. The fraction of sp³-hybridized carbons (Fsp3) is 0.957. The van der Waals surface area contributed by atoms with Crippen LogP contribution in [0.2, 0.25) is 0 Å². The van der Waals surface area contributed by atoms with Gasteiger partial charge in [0.05, 0.1) is 37.3 Å². The number of esters is 1. The Kier molecular flexibility index (Phi) is 7.04. The highest BCUT2D eigenvalue weighted by molar-refractivity contribution is 5.76. The Bertz CT molecular complexity index is 668. The van der Waals surface area contributed by atoms with Crippen molar-refractivity contribution in [2.45, 2.75) is 74.8 Å². The summed E-state index contributed by atoms with van der Waals surface area (Å²) >= 11 is 0. The number of nitrogens with one attached hydrogen (secondary N) is 1. The third-order valence-corrected chi connectivity index (χ3v) is 8.76. The number of methoxy groups -OCH3 is 3. The van der Waals surface area contributed by atoms with Crippen molar-refractivity contribution < 1.29 is 29.1 Å². The molecular weight excluding hydrogens is 412 g/mol. The molecule has 8 unspecified atom stereocenters. The molecule has 2 saturated carbocycles. The van der Waals surface area contributed by atoms with Crippen LogP contribution in [-0.2, 0) is 23.7 Å². The number of carbonyl (C=O) groups is 1. The first-order chi connectivity index (χ1) is 15.6. The van der Waals surface area contributed by atoms with E-state index >= 15 is 0 Å². The Morgan fingerprint density at radius 1 is 1.12 bits per heavy atom. The lowest BCUT2D eigenvalue weighted by molar-refractivity contribution is -0.712. The molecule has 182 valence electrons. The van der Waals surface area contributed by atoms with Crippen molar-refractivity contribution >= 4 is 5.97 Å². The fourth-order valence-corrected chi connectivity index (χ4v) is 7.19. The maximum Gasteiger partial charge on any atom is 0.313 e. The third-order valence-electron chi connectivity index (χ3n) is 8.76. The second kappa shape index (κ2) is 9.82. The average molecular weight is 454 g/mol. The quantitative estimate of drug-likeness (QED) is 0.473. The summed E-state index contributed by atoms with van der Waals surface area (Å²) in [5.74, 6) is -0.182. The molecule has 5 aliphatic rings. The van der Waals surface area contributed by atoms with Crippen molar-refractivity contribution in [2.24, 2.45) is 11.8 Å². The van der Waals surface area contributed by atoms with Crippen LogP contribution < -0.4 is 10.6 Å². The fourth-order valence-electron chi connectivity index (χ4n) is 7.19. The molecule has 0 bridgehead atoms. The second-order valence-electron chi connectivity index (χ2n) is 10.3. The number of nitrogens with two attached hydrogens (primary N) is 1. The molecule has 0 spiro atoms. The van der Waals surface area contributed by atoms with Gasteiger partial charge in [0, 0.05) is 59.3 Å². The zero-order chi connectivity index (χ0) is 22.2. The lowest BCUT2D eigenvalue weighted by atomic mass is 9.76. The number of carbonyl (C=O) groups excluding carboxylic acids is 1. The normalized spacial score (nSPS) is 44.7. The average Bonchev–Trinajstić information content (AvgIpc) is 3.33. The molecular formula is C23H41N4O5+. The van der Waals surface area contributed by atoms with Crippen LogP contribution in [0.3, 0.4) is 0 Å². The van der Waals surface area contributed by atoms with Crippen LogP contribution in [0.4, 0.5) is 0 Å². The highest BCUT2D eigenvalue weighted by atomic mass is 16.6. The molecule has 0 aromatic heterocycles. The van der Waals surface area contributed by atoms with Crippen molar-refractivity contribution in [3.05, 3.63) is 0 Å². The van der Waals surface area contributed by atoms with Gasteiger partial charge in [-0.2, -0.15) is 0 Å². The van der Waals surface area contributed by atoms with Crippen LogP contribution in [0.1, 0.15) is 32.1 Å². The number of rotatable bonds is 7. The topological polar surface area (TPSA) is 89.1 Å². The lowest BCUT2D eigenvalue weighted by Crippen LogP contribution is -2.95. The number of hydrogen-bond acceptors (Lipinski definition) is 8. The first-order valence-electron chi connectivity index (χ1n) is 12.5.